The number of thiazole rings is 1. The number of amides is 1. The molecule has 0 spiro atoms. The van der Waals surface area contributed by atoms with Crippen molar-refractivity contribution in [1.82, 2.24) is 14.9 Å². The highest BCUT2D eigenvalue weighted by atomic mass is 32.1. The number of carbonyl (C=O) groups is 1. The SMILES string of the molecule is O=C(N1C[C@@H]2C[C@H]1c1cncc(C#Cc3cscn3)c1O2)C12CCC(C(F)(F)F)(CC1)C2. The number of ether oxygens (including phenoxy) is 1. The quantitative estimate of drug-likeness (QED) is 0.590. The average molecular weight is 459 g/mol. The highest BCUT2D eigenvalue weighted by Crippen LogP contribution is 2.68. The molecular weight excluding hydrogens is 439 g/mol. The molecule has 0 unspecified atom stereocenters. The van der Waals surface area contributed by atoms with E-state index in [4.69, 9.17) is 4.74 Å². The van der Waals surface area contributed by atoms with Gasteiger partial charge >= 0.3 is 6.18 Å². The van der Waals surface area contributed by atoms with Gasteiger partial charge in [0.15, 0.2) is 0 Å². The van der Waals surface area contributed by atoms with E-state index in [-0.39, 0.29) is 37.3 Å². The predicted molar refractivity (Wildman–Crippen MR) is 110 cm³/mol. The van der Waals surface area contributed by atoms with Crippen LogP contribution in [0.1, 0.15) is 61.4 Å². The first-order valence-electron chi connectivity index (χ1n) is 10.7. The molecule has 9 heteroatoms. The topological polar surface area (TPSA) is 55.3 Å². The summed E-state index contributed by atoms with van der Waals surface area (Å²) in [5.74, 6) is 6.54. The number of hydrogen-bond donors (Lipinski definition) is 0. The summed E-state index contributed by atoms with van der Waals surface area (Å²) in [6.45, 7) is 0.387. The Kier molecular flexibility index (Phi) is 4.20. The molecule has 32 heavy (non-hydrogen) atoms. The van der Waals surface area contributed by atoms with Gasteiger partial charge in [-0.2, -0.15) is 13.2 Å². The standard InChI is InChI=1S/C23H20F3N3O2S/c24-23(25,26)22-5-3-21(12-22,4-6-22)20(30)29-10-16-7-18(29)17-9-27-8-14(19(17)31-16)1-2-15-11-32-13-28-15/h8-9,11,13,16,18H,3-7,10,12H2/t16-,18-,21?,22?/m0/s1. The molecule has 2 aliphatic carbocycles. The highest BCUT2D eigenvalue weighted by Gasteiger charge is 2.69. The lowest BCUT2D eigenvalue weighted by Gasteiger charge is -2.34. The number of halogens is 3. The van der Waals surface area contributed by atoms with Crippen molar-refractivity contribution in [2.75, 3.05) is 6.54 Å². The first-order chi connectivity index (χ1) is 15.3. The van der Waals surface area contributed by atoms with Gasteiger partial charge in [0.2, 0.25) is 5.91 Å². The summed E-state index contributed by atoms with van der Waals surface area (Å²) < 4.78 is 47.3. The minimum atomic E-state index is -4.25. The average Bonchev–Trinajstić information content (AvgIpc) is 3.55. The third-order valence-electron chi connectivity index (χ3n) is 7.74. The fourth-order valence-corrected chi connectivity index (χ4v) is 6.57. The van der Waals surface area contributed by atoms with E-state index < -0.39 is 17.0 Å². The molecule has 3 fully saturated rings. The third-order valence-corrected chi connectivity index (χ3v) is 8.33. The summed E-state index contributed by atoms with van der Waals surface area (Å²) in [6.07, 6.45) is 0.155. The number of fused-ring (bicyclic) bond motifs is 6. The van der Waals surface area contributed by atoms with Crippen LogP contribution in [0.25, 0.3) is 0 Å². The van der Waals surface area contributed by atoms with E-state index in [9.17, 15) is 18.0 Å². The molecule has 2 saturated carbocycles. The monoisotopic (exact) mass is 459 g/mol. The molecule has 1 saturated heterocycles. The maximum absolute atomic E-state index is 13.7. The molecular formula is C23H20F3N3O2S. The normalized spacial score (nSPS) is 32.3. The van der Waals surface area contributed by atoms with Crippen molar-refractivity contribution in [3.05, 3.63) is 40.1 Å². The fraction of sp³-hybridized carbons (Fsp3) is 0.522. The van der Waals surface area contributed by atoms with Crippen molar-refractivity contribution in [3.8, 4) is 17.6 Å². The molecule has 4 heterocycles. The third kappa shape index (κ3) is 2.81. The molecule has 166 valence electrons. The fourth-order valence-electron chi connectivity index (χ4n) is 6.08. The Morgan fingerprint density at radius 3 is 2.72 bits per heavy atom. The molecule has 5 nitrogen and oxygen atoms in total. The van der Waals surface area contributed by atoms with Crippen molar-refractivity contribution in [3.63, 3.8) is 0 Å². The summed E-state index contributed by atoms with van der Waals surface area (Å²) in [7, 11) is 0. The number of hydrogen-bond acceptors (Lipinski definition) is 5. The first-order valence-corrected chi connectivity index (χ1v) is 11.7. The second kappa shape index (κ2) is 6.70. The second-order valence-electron chi connectivity index (χ2n) is 9.41. The van der Waals surface area contributed by atoms with Crippen molar-refractivity contribution in [1.29, 1.82) is 0 Å². The van der Waals surface area contributed by atoms with Crippen molar-refractivity contribution in [2.24, 2.45) is 10.8 Å². The van der Waals surface area contributed by atoms with Gasteiger partial charge in [-0.25, -0.2) is 4.98 Å². The smallest absolute Gasteiger partial charge is 0.394 e. The summed E-state index contributed by atoms with van der Waals surface area (Å²) in [6, 6.07) is -0.236. The minimum absolute atomic E-state index is 0.0508. The summed E-state index contributed by atoms with van der Waals surface area (Å²) in [5, 5.41) is 1.85. The molecule has 0 aromatic carbocycles. The van der Waals surface area contributed by atoms with E-state index in [1.54, 1.807) is 22.8 Å². The van der Waals surface area contributed by atoms with Gasteiger partial charge in [0.1, 0.15) is 17.5 Å². The van der Waals surface area contributed by atoms with Gasteiger partial charge in [0, 0.05) is 29.8 Å². The Labute approximate surface area is 187 Å². The molecule has 0 radical (unpaired) electrons. The molecule has 2 aromatic rings. The number of aromatic nitrogens is 2. The van der Waals surface area contributed by atoms with Crippen LogP contribution in [0.4, 0.5) is 13.2 Å². The van der Waals surface area contributed by atoms with Crippen molar-refractivity contribution < 1.29 is 22.7 Å². The Balaban J connectivity index is 1.30. The van der Waals surface area contributed by atoms with Crippen LogP contribution in [0.15, 0.2) is 23.3 Å². The summed E-state index contributed by atoms with van der Waals surface area (Å²) >= 11 is 1.46. The zero-order chi connectivity index (χ0) is 22.1. The van der Waals surface area contributed by atoms with E-state index in [0.717, 1.165) is 5.56 Å². The van der Waals surface area contributed by atoms with E-state index in [2.05, 4.69) is 21.8 Å². The van der Waals surface area contributed by atoms with Crippen LogP contribution in [-0.4, -0.2) is 39.6 Å². The number of pyridine rings is 1. The van der Waals surface area contributed by atoms with Gasteiger partial charge in [-0.05, 0) is 38.0 Å². The van der Waals surface area contributed by atoms with Crippen LogP contribution in [0.3, 0.4) is 0 Å². The van der Waals surface area contributed by atoms with Gasteiger partial charge in [0.25, 0.3) is 0 Å². The van der Waals surface area contributed by atoms with E-state index in [0.29, 0.717) is 42.8 Å². The zero-order valence-electron chi connectivity index (χ0n) is 17.1. The Hall–Kier alpha value is -2.60. The number of likely N-dealkylation sites (tertiary alicyclic amines) is 1. The van der Waals surface area contributed by atoms with Crippen LogP contribution in [0.2, 0.25) is 0 Å². The van der Waals surface area contributed by atoms with E-state index >= 15 is 0 Å². The van der Waals surface area contributed by atoms with Crippen LogP contribution < -0.4 is 4.74 Å². The number of carbonyl (C=O) groups excluding carboxylic acids is 1. The molecule has 2 aromatic heterocycles. The van der Waals surface area contributed by atoms with Crippen LogP contribution in [0, 0.1) is 22.7 Å². The molecule has 1 amide bonds. The first kappa shape index (κ1) is 20.0. The lowest BCUT2D eigenvalue weighted by molar-refractivity contribution is -0.220. The maximum atomic E-state index is 13.7. The molecule has 6 rings (SSSR count). The highest BCUT2D eigenvalue weighted by molar-refractivity contribution is 7.07. The van der Waals surface area contributed by atoms with Crippen molar-refractivity contribution in [2.45, 2.75) is 56.8 Å². The lowest BCUT2D eigenvalue weighted by atomic mass is 9.81. The Bertz CT molecular complexity index is 1140. The largest absolute Gasteiger partial charge is 0.487 e. The minimum Gasteiger partial charge on any atom is -0.487 e. The lowest BCUT2D eigenvalue weighted by Crippen LogP contribution is -2.41. The van der Waals surface area contributed by atoms with E-state index in [1.807, 2.05) is 5.38 Å². The number of alkyl halides is 3. The van der Waals surface area contributed by atoms with E-state index in [1.165, 1.54) is 11.3 Å². The molecule has 2 atom stereocenters. The Morgan fingerprint density at radius 1 is 1.22 bits per heavy atom. The summed E-state index contributed by atoms with van der Waals surface area (Å²) in [5.41, 5.74) is 1.20. The predicted octanol–water partition coefficient (Wildman–Crippen LogP) is 4.49. The van der Waals surface area contributed by atoms with Gasteiger partial charge in [0.05, 0.1) is 34.5 Å². The molecule has 4 aliphatic rings. The van der Waals surface area contributed by atoms with Gasteiger partial charge in [-0.1, -0.05) is 5.92 Å². The maximum Gasteiger partial charge on any atom is 0.394 e. The zero-order valence-corrected chi connectivity index (χ0v) is 17.9. The van der Waals surface area contributed by atoms with Gasteiger partial charge in [-0.3, -0.25) is 9.78 Å². The molecule has 4 bridgehead atoms. The summed E-state index contributed by atoms with van der Waals surface area (Å²) in [4.78, 5) is 23.9. The van der Waals surface area contributed by atoms with Crippen LogP contribution in [0.5, 0.6) is 5.75 Å². The van der Waals surface area contributed by atoms with Crippen LogP contribution >= 0.6 is 11.3 Å². The Morgan fingerprint density at radius 2 is 2.03 bits per heavy atom. The van der Waals surface area contributed by atoms with Crippen molar-refractivity contribution >= 4 is 17.2 Å². The number of rotatable bonds is 1. The number of nitrogens with zero attached hydrogens (tertiary/aromatic N) is 3. The van der Waals surface area contributed by atoms with Crippen LogP contribution in [-0.2, 0) is 4.79 Å². The second-order valence-corrected chi connectivity index (χ2v) is 10.1. The van der Waals surface area contributed by atoms with Gasteiger partial charge < -0.3 is 9.64 Å². The van der Waals surface area contributed by atoms with Gasteiger partial charge in [-0.15, -0.1) is 11.3 Å². The molecule has 2 aliphatic heterocycles. The molecule has 0 N–H and O–H groups in total.